The Morgan fingerprint density at radius 2 is 2.36 bits per heavy atom. The fraction of sp³-hybridized carbons (Fsp3) is 0.909. The van der Waals surface area contributed by atoms with E-state index >= 15 is 0 Å². The second kappa shape index (κ2) is 4.23. The molecule has 0 spiro atoms. The highest BCUT2D eigenvalue weighted by Gasteiger charge is 2.44. The number of nitrogens with zero attached hydrogens (tertiary/aromatic N) is 1. The average molecular weight is 213 g/mol. The monoisotopic (exact) mass is 213 g/mol. The van der Waals surface area contributed by atoms with Gasteiger partial charge in [-0.25, -0.2) is 0 Å². The van der Waals surface area contributed by atoms with Gasteiger partial charge in [-0.1, -0.05) is 6.92 Å². The van der Waals surface area contributed by atoms with E-state index in [0.717, 1.165) is 19.0 Å². The van der Waals surface area contributed by atoms with Crippen molar-refractivity contribution in [3.05, 3.63) is 0 Å². The number of likely N-dealkylation sites (tertiary alicyclic amines) is 1. The molecule has 80 valence electrons. The Morgan fingerprint density at radius 3 is 3.00 bits per heavy atom. The highest BCUT2D eigenvalue weighted by Crippen LogP contribution is 2.39. The van der Waals surface area contributed by atoms with Crippen LogP contribution in [0.3, 0.4) is 0 Å². The number of rotatable bonds is 2. The number of hydrogen-bond acceptors (Lipinski definition) is 3. The Morgan fingerprint density at radius 1 is 1.57 bits per heavy atom. The Labute approximate surface area is 90.4 Å². The van der Waals surface area contributed by atoms with E-state index in [4.69, 9.17) is 0 Å². The maximum atomic E-state index is 11.6. The first-order valence-electron chi connectivity index (χ1n) is 5.56. The highest BCUT2D eigenvalue weighted by atomic mass is 32.2. The van der Waals surface area contributed by atoms with Crippen molar-refractivity contribution in [2.75, 3.05) is 24.6 Å². The van der Waals surface area contributed by atoms with E-state index in [0.29, 0.717) is 11.7 Å². The first-order chi connectivity index (χ1) is 6.74. The van der Waals surface area contributed by atoms with E-state index < -0.39 is 0 Å². The second-order valence-corrected chi connectivity index (χ2v) is 5.58. The van der Waals surface area contributed by atoms with Crippen LogP contribution in [0.25, 0.3) is 0 Å². The zero-order valence-corrected chi connectivity index (χ0v) is 9.85. The van der Waals surface area contributed by atoms with E-state index in [1.165, 1.54) is 17.9 Å². The van der Waals surface area contributed by atoms with Crippen LogP contribution in [0.4, 0.5) is 0 Å². The Bertz CT molecular complexity index is 231. The Hall–Kier alpha value is -0.0200. The number of thioether (sulfide) groups is 1. The highest BCUT2D eigenvalue weighted by molar-refractivity contribution is 7.99. The van der Waals surface area contributed by atoms with Crippen LogP contribution in [0.15, 0.2) is 0 Å². The maximum Gasteiger partial charge on any atom is 0.147 e. The number of fused-ring (bicyclic) bond motifs is 1. The van der Waals surface area contributed by atoms with Gasteiger partial charge in [-0.15, -0.1) is 0 Å². The molecule has 2 nitrogen and oxygen atoms in total. The molecule has 0 saturated carbocycles. The third-order valence-corrected chi connectivity index (χ3v) is 4.81. The zero-order valence-electron chi connectivity index (χ0n) is 9.03. The summed E-state index contributed by atoms with van der Waals surface area (Å²) >= 11 is 2.06. The molecule has 2 rings (SSSR count). The number of carbonyl (C=O) groups is 1. The van der Waals surface area contributed by atoms with Gasteiger partial charge in [0.25, 0.3) is 0 Å². The SMILES string of the molecule is CCN1CC2CSCCC2C1C(C)=O. The summed E-state index contributed by atoms with van der Waals surface area (Å²) in [5.74, 6) is 4.34. The maximum absolute atomic E-state index is 11.6. The largest absolute Gasteiger partial charge is 0.298 e. The molecule has 0 aliphatic carbocycles. The van der Waals surface area contributed by atoms with E-state index in [-0.39, 0.29) is 6.04 Å². The normalized spacial score (nSPS) is 38.3. The van der Waals surface area contributed by atoms with Crippen molar-refractivity contribution in [1.82, 2.24) is 4.90 Å². The van der Waals surface area contributed by atoms with Gasteiger partial charge < -0.3 is 0 Å². The summed E-state index contributed by atoms with van der Waals surface area (Å²) in [6.07, 6.45) is 1.25. The summed E-state index contributed by atoms with van der Waals surface area (Å²) in [7, 11) is 0. The van der Waals surface area contributed by atoms with Gasteiger partial charge in [0, 0.05) is 6.54 Å². The van der Waals surface area contributed by atoms with Crippen LogP contribution in [0.5, 0.6) is 0 Å². The van der Waals surface area contributed by atoms with Crippen molar-refractivity contribution < 1.29 is 4.79 Å². The van der Waals surface area contributed by atoms with Gasteiger partial charge in [0.1, 0.15) is 5.78 Å². The minimum atomic E-state index is 0.242. The van der Waals surface area contributed by atoms with Gasteiger partial charge in [-0.05, 0) is 43.2 Å². The molecule has 3 heteroatoms. The molecule has 2 saturated heterocycles. The average Bonchev–Trinajstić information content (AvgIpc) is 2.55. The fourth-order valence-corrected chi connectivity index (χ4v) is 4.25. The van der Waals surface area contributed by atoms with Gasteiger partial charge >= 0.3 is 0 Å². The van der Waals surface area contributed by atoms with Crippen LogP contribution >= 0.6 is 11.8 Å². The minimum absolute atomic E-state index is 0.242. The van der Waals surface area contributed by atoms with Crippen LogP contribution < -0.4 is 0 Å². The van der Waals surface area contributed by atoms with Gasteiger partial charge in [0.2, 0.25) is 0 Å². The predicted octanol–water partition coefficient (Wildman–Crippen LogP) is 1.65. The minimum Gasteiger partial charge on any atom is -0.298 e. The van der Waals surface area contributed by atoms with Crippen molar-refractivity contribution in [3.8, 4) is 0 Å². The van der Waals surface area contributed by atoms with Gasteiger partial charge in [-0.2, -0.15) is 11.8 Å². The van der Waals surface area contributed by atoms with E-state index in [9.17, 15) is 4.79 Å². The number of ketones is 1. The Kier molecular flexibility index (Phi) is 3.17. The molecule has 14 heavy (non-hydrogen) atoms. The van der Waals surface area contributed by atoms with Gasteiger partial charge in [0.05, 0.1) is 6.04 Å². The summed E-state index contributed by atoms with van der Waals surface area (Å²) < 4.78 is 0. The smallest absolute Gasteiger partial charge is 0.147 e. The Balaban J connectivity index is 2.14. The number of Topliss-reactive ketones (excluding diaryl/α,β-unsaturated/α-hetero) is 1. The summed E-state index contributed by atoms with van der Waals surface area (Å²) in [6.45, 7) is 6.11. The lowest BCUT2D eigenvalue weighted by Gasteiger charge is -2.28. The van der Waals surface area contributed by atoms with Crippen LogP contribution in [0.1, 0.15) is 20.3 Å². The van der Waals surface area contributed by atoms with E-state index in [1.54, 1.807) is 6.92 Å². The van der Waals surface area contributed by atoms with Crippen LogP contribution in [-0.4, -0.2) is 41.3 Å². The molecule has 3 unspecified atom stereocenters. The molecule has 2 aliphatic rings. The lowest BCUT2D eigenvalue weighted by molar-refractivity contribution is -0.122. The third kappa shape index (κ3) is 1.72. The summed E-state index contributed by atoms with van der Waals surface area (Å²) in [5, 5.41) is 0. The van der Waals surface area contributed by atoms with Crippen molar-refractivity contribution in [3.63, 3.8) is 0 Å². The first kappa shape index (κ1) is 10.5. The van der Waals surface area contributed by atoms with Crippen LogP contribution in [-0.2, 0) is 4.79 Å². The molecule has 0 aromatic carbocycles. The molecule has 2 heterocycles. The lowest BCUT2D eigenvalue weighted by Crippen LogP contribution is -2.39. The molecular formula is C11H19NOS. The molecule has 0 aromatic heterocycles. The summed E-state index contributed by atoms with van der Waals surface area (Å²) in [6, 6.07) is 0.242. The van der Waals surface area contributed by atoms with Crippen molar-refractivity contribution >= 4 is 17.5 Å². The first-order valence-corrected chi connectivity index (χ1v) is 6.71. The topological polar surface area (TPSA) is 20.3 Å². The molecule has 3 atom stereocenters. The standard InChI is InChI=1S/C11H19NOS/c1-3-12-6-9-7-14-5-4-10(9)11(12)8(2)13/h9-11H,3-7H2,1-2H3. The molecule has 0 radical (unpaired) electrons. The summed E-state index contributed by atoms with van der Waals surface area (Å²) in [5.41, 5.74) is 0. The number of hydrogen-bond donors (Lipinski definition) is 0. The molecule has 0 bridgehead atoms. The quantitative estimate of drug-likeness (QED) is 0.695. The molecule has 2 fully saturated rings. The number of likely N-dealkylation sites (N-methyl/N-ethyl adjacent to an activating group) is 1. The predicted molar refractivity (Wildman–Crippen MR) is 60.6 cm³/mol. The van der Waals surface area contributed by atoms with Gasteiger partial charge in [-0.3, -0.25) is 9.69 Å². The van der Waals surface area contributed by atoms with Crippen LogP contribution in [0, 0.1) is 11.8 Å². The van der Waals surface area contributed by atoms with Crippen LogP contribution in [0.2, 0.25) is 0 Å². The molecule has 0 amide bonds. The lowest BCUT2D eigenvalue weighted by atomic mass is 9.87. The molecular weight excluding hydrogens is 194 g/mol. The molecule has 0 aromatic rings. The molecule has 2 aliphatic heterocycles. The molecule has 0 N–H and O–H groups in total. The number of carbonyl (C=O) groups excluding carboxylic acids is 1. The summed E-state index contributed by atoms with van der Waals surface area (Å²) in [4.78, 5) is 14.0. The van der Waals surface area contributed by atoms with Gasteiger partial charge in [0.15, 0.2) is 0 Å². The van der Waals surface area contributed by atoms with Crippen molar-refractivity contribution in [2.45, 2.75) is 26.3 Å². The zero-order chi connectivity index (χ0) is 10.1. The third-order valence-electron chi connectivity index (χ3n) is 3.62. The van der Waals surface area contributed by atoms with E-state index in [1.807, 2.05) is 0 Å². The van der Waals surface area contributed by atoms with Crippen molar-refractivity contribution in [1.29, 1.82) is 0 Å². The van der Waals surface area contributed by atoms with E-state index in [2.05, 4.69) is 23.6 Å². The van der Waals surface area contributed by atoms with Crippen molar-refractivity contribution in [2.24, 2.45) is 11.8 Å². The second-order valence-electron chi connectivity index (χ2n) is 4.43. The fourth-order valence-electron chi connectivity index (χ4n) is 2.99.